The maximum atomic E-state index is 11.6. The lowest BCUT2D eigenvalue weighted by molar-refractivity contribution is -0.144. The molecular weight excluding hydrogens is 274 g/mol. The summed E-state index contributed by atoms with van der Waals surface area (Å²) in [5.74, 6) is -0.276. The van der Waals surface area contributed by atoms with E-state index in [4.69, 9.17) is 4.74 Å². The van der Waals surface area contributed by atoms with Crippen molar-refractivity contribution in [3.8, 4) is 0 Å². The van der Waals surface area contributed by atoms with Gasteiger partial charge in [-0.2, -0.15) is 4.40 Å². The van der Waals surface area contributed by atoms with Crippen LogP contribution in [0, 0.1) is 0 Å². The van der Waals surface area contributed by atoms with Crippen LogP contribution < -0.4 is 0 Å². The van der Waals surface area contributed by atoms with Crippen LogP contribution in [-0.2, 0) is 27.1 Å². The molecule has 110 valence electrons. The molecule has 0 bridgehead atoms. The maximum absolute atomic E-state index is 11.6. The summed E-state index contributed by atoms with van der Waals surface area (Å²) in [7, 11) is -1.27. The number of rotatable bonds is 6. The number of esters is 1. The van der Waals surface area contributed by atoms with Gasteiger partial charge < -0.3 is 4.74 Å². The molecule has 0 aliphatic heterocycles. The van der Waals surface area contributed by atoms with E-state index in [-0.39, 0.29) is 23.7 Å². The molecule has 1 atom stereocenters. The summed E-state index contributed by atoms with van der Waals surface area (Å²) in [4.78, 5) is 11.5. The third kappa shape index (κ3) is 6.61. The summed E-state index contributed by atoms with van der Waals surface area (Å²) in [5, 5.41) is 0. The number of hydrogen-bond acceptors (Lipinski definition) is 3. The van der Waals surface area contributed by atoms with E-state index in [0.29, 0.717) is 6.42 Å². The van der Waals surface area contributed by atoms with E-state index in [0.717, 1.165) is 5.56 Å². The Morgan fingerprint density at radius 1 is 1.30 bits per heavy atom. The van der Waals surface area contributed by atoms with Crippen LogP contribution in [0.2, 0.25) is 0 Å². The number of benzene rings is 1. The third-order valence-electron chi connectivity index (χ3n) is 2.41. The average molecular weight is 295 g/mol. The second kappa shape index (κ2) is 7.94. The van der Waals surface area contributed by atoms with E-state index in [9.17, 15) is 9.00 Å². The van der Waals surface area contributed by atoms with Crippen LogP contribution in [0.1, 0.15) is 39.2 Å². The molecule has 0 saturated carbocycles. The topological polar surface area (TPSA) is 55.7 Å². The maximum Gasteiger partial charge on any atom is 0.306 e. The van der Waals surface area contributed by atoms with Gasteiger partial charge in [0.15, 0.2) is 0 Å². The largest absolute Gasteiger partial charge is 0.461 e. The van der Waals surface area contributed by atoms with Crippen molar-refractivity contribution in [3.05, 3.63) is 35.9 Å². The van der Waals surface area contributed by atoms with Gasteiger partial charge in [-0.05, 0) is 32.8 Å². The molecule has 1 aromatic rings. The highest BCUT2D eigenvalue weighted by Gasteiger charge is 2.17. The van der Waals surface area contributed by atoms with Crippen molar-refractivity contribution in [3.63, 3.8) is 0 Å². The Bertz CT molecular complexity index is 478. The Morgan fingerprint density at radius 2 is 1.95 bits per heavy atom. The smallest absolute Gasteiger partial charge is 0.306 e. The zero-order chi connectivity index (χ0) is 15.0. The van der Waals surface area contributed by atoms with Crippen LogP contribution in [0.3, 0.4) is 0 Å². The van der Waals surface area contributed by atoms with Crippen molar-refractivity contribution in [1.29, 1.82) is 0 Å². The Morgan fingerprint density at radius 3 is 2.55 bits per heavy atom. The van der Waals surface area contributed by atoms with Gasteiger partial charge in [0, 0.05) is 6.21 Å². The number of carbonyl (C=O) groups is 1. The second-order valence-corrected chi connectivity index (χ2v) is 7.27. The van der Waals surface area contributed by atoms with E-state index in [1.54, 1.807) is 0 Å². The number of nitrogens with zero attached hydrogens (tertiary/aromatic N) is 1. The van der Waals surface area contributed by atoms with Gasteiger partial charge in [-0.3, -0.25) is 4.79 Å². The van der Waals surface area contributed by atoms with E-state index in [1.165, 1.54) is 6.21 Å². The average Bonchev–Trinajstić information content (AvgIpc) is 2.41. The molecule has 0 saturated heterocycles. The van der Waals surface area contributed by atoms with Crippen LogP contribution in [-0.4, -0.2) is 21.1 Å². The predicted molar refractivity (Wildman–Crippen MR) is 81.9 cm³/mol. The highest BCUT2D eigenvalue weighted by Crippen LogP contribution is 2.11. The Labute approximate surface area is 122 Å². The molecule has 0 aromatic heterocycles. The Balaban J connectivity index is 2.24. The van der Waals surface area contributed by atoms with Crippen molar-refractivity contribution >= 4 is 23.2 Å². The van der Waals surface area contributed by atoms with Gasteiger partial charge in [0.25, 0.3) is 0 Å². The molecule has 20 heavy (non-hydrogen) atoms. The molecule has 0 radical (unpaired) electrons. The van der Waals surface area contributed by atoms with Crippen LogP contribution >= 0.6 is 0 Å². The quantitative estimate of drug-likeness (QED) is 0.598. The standard InChI is InChI=1S/C15H21NO3S/c1-15(2,3)20(18)16-11-7-10-14(17)19-12-13-8-5-4-6-9-13/h4-6,8-9,11H,7,10,12H2,1-3H3. The van der Waals surface area contributed by atoms with Gasteiger partial charge in [-0.25, -0.2) is 4.21 Å². The van der Waals surface area contributed by atoms with Crippen LogP contribution in [0.15, 0.2) is 34.7 Å². The number of carbonyl (C=O) groups excluding carboxylic acids is 1. The van der Waals surface area contributed by atoms with E-state index in [1.807, 2.05) is 51.1 Å². The molecule has 1 rings (SSSR count). The predicted octanol–water partition coefficient (Wildman–Crippen LogP) is 3.04. The van der Waals surface area contributed by atoms with E-state index in [2.05, 4.69) is 4.40 Å². The zero-order valence-electron chi connectivity index (χ0n) is 12.2. The lowest BCUT2D eigenvalue weighted by atomic mass is 10.2. The molecule has 0 heterocycles. The molecule has 1 unspecified atom stereocenters. The summed E-state index contributed by atoms with van der Waals surface area (Å²) >= 11 is 0. The van der Waals surface area contributed by atoms with Crippen LogP contribution in [0.4, 0.5) is 0 Å². The van der Waals surface area contributed by atoms with Crippen LogP contribution in [0.5, 0.6) is 0 Å². The molecule has 5 heteroatoms. The molecular formula is C15H21NO3S. The van der Waals surface area contributed by atoms with Crippen molar-refractivity contribution in [2.75, 3.05) is 0 Å². The van der Waals surface area contributed by atoms with Crippen molar-refractivity contribution in [2.24, 2.45) is 4.40 Å². The van der Waals surface area contributed by atoms with Gasteiger partial charge >= 0.3 is 5.97 Å². The van der Waals surface area contributed by atoms with E-state index >= 15 is 0 Å². The highest BCUT2D eigenvalue weighted by atomic mass is 32.2. The molecule has 0 N–H and O–H groups in total. The normalized spacial score (nSPS) is 13.3. The fourth-order valence-corrected chi connectivity index (χ4v) is 1.83. The van der Waals surface area contributed by atoms with Crippen molar-refractivity contribution < 1.29 is 13.7 Å². The van der Waals surface area contributed by atoms with Gasteiger partial charge in [0.1, 0.15) is 17.6 Å². The summed E-state index contributed by atoms with van der Waals surface area (Å²) < 4.78 is 20.3. The SMILES string of the molecule is CC(C)(C)S(=O)N=CCCC(=O)OCc1ccccc1. The van der Waals surface area contributed by atoms with Gasteiger partial charge in [0.05, 0.1) is 11.2 Å². The fraction of sp³-hybridized carbons (Fsp3) is 0.467. The lowest BCUT2D eigenvalue weighted by Gasteiger charge is -2.12. The summed E-state index contributed by atoms with van der Waals surface area (Å²) in [6.07, 6.45) is 2.22. The molecule has 0 amide bonds. The fourth-order valence-electron chi connectivity index (χ4n) is 1.27. The minimum absolute atomic E-state index is 0.248. The minimum atomic E-state index is -1.27. The van der Waals surface area contributed by atoms with E-state index < -0.39 is 11.0 Å². The second-order valence-electron chi connectivity index (χ2n) is 5.33. The number of hydrogen-bond donors (Lipinski definition) is 0. The first-order chi connectivity index (χ1) is 9.39. The van der Waals surface area contributed by atoms with Gasteiger partial charge in [-0.1, -0.05) is 30.3 Å². The summed E-state index contributed by atoms with van der Waals surface area (Å²) in [6, 6.07) is 9.52. The lowest BCUT2D eigenvalue weighted by Crippen LogP contribution is -2.19. The zero-order valence-corrected chi connectivity index (χ0v) is 13.0. The Kier molecular flexibility index (Phi) is 6.58. The molecule has 4 nitrogen and oxygen atoms in total. The van der Waals surface area contributed by atoms with Crippen molar-refractivity contribution in [2.45, 2.75) is 45.0 Å². The summed E-state index contributed by atoms with van der Waals surface area (Å²) in [5.41, 5.74) is 0.961. The minimum Gasteiger partial charge on any atom is -0.461 e. The van der Waals surface area contributed by atoms with Gasteiger partial charge in [-0.15, -0.1) is 0 Å². The Hall–Kier alpha value is -1.49. The number of ether oxygens (including phenoxy) is 1. The van der Waals surface area contributed by atoms with Crippen molar-refractivity contribution in [1.82, 2.24) is 0 Å². The molecule has 0 aliphatic rings. The van der Waals surface area contributed by atoms with Crippen LogP contribution in [0.25, 0.3) is 0 Å². The first-order valence-corrected chi connectivity index (χ1v) is 7.64. The first-order valence-electron chi connectivity index (χ1n) is 6.53. The molecule has 0 spiro atoms. The monoisotopic (exact) mass is 295 g/mol. The molecule has 1 aromatic carbocycles. The third-order valence-corrected chi connectivity index (χ3v) is 3.80. The molecule has 0 fully saturated rings. The first kappa shape index (κ1) is 16.6. The highest BCUT2D eigenvalue weighted by molar-refractivity contribution is 7.85. The van der Waals surface area contributed by atoms with Gasteiger partial charge in [0.2, 0.25) is 0 Å². The summed E-state index contributed by atoms with van der Waals surface area (Å²) in [6.45, 7) is 5.85. The molecule has 0 aliphatic carbocycles.